The van der Waals surface area contributed by atoms with Crippen LogP contribution in [0.3, 0.4) is 0 Å². The van der Waals surface area contributed by atoms with Crippen molar-refractivity contribution in [1.29, 1.82) is 0 Å². The molecule has 94 valence electrons. The number of hydrogen-bond donors (Lipinski definition) is 0. The molecule has 0 aromatic carbocycles. The summed E-state index contributed by atoms with van der Waals surface area (Å²) in [5.74, 6) is 2.05. The largest absolute Gasteiger partial charge is 0.326 e. The lowest BCUT2D eigenvalue weighted by atomic mass is 9.47. The highest BCUT2D eigenvalue weighted by atomic mass is 15.3. The van der Waals surface area contributed by atoms with Crippen LogP contribution in [-0.4, -0.2) is 31.2 Å². The van der Waals surface area contributed by atoms with Crippen molar-refractivity contribution in [3.63, 3.8) is 0 Å². The molecule has 3 saturated carbocycles. The van der Waals surface area contributed by atoms with Gasteiger partial charge in [0.1, 0.15) is 0 Å². The van der Waals surface area contributed by atoms with Crippen LogP contribution >= 0.6 is 0 Å². The van der Waals surface area contributed by atoms with Gasteiger partial charge in [0, 0.05) is 12.8 Å². The van der Waals surface area contributed by atoms with Crippen LogP contribution in [0.1, 0.15) is 52.9 Å². The van der Waals surface area contributed by atoms with E-state index in [0.717, 1.165) is 17.9 Å². The first-order valence-corrected chi connectivity index (χ1v) is 7.20. The maximum atomic E-state index is 2.49. The first-order valence-electron chi connectivity index (χ1n) is 7.20. The number of hydrogen-bond acceptors (Lipinski definition) is 0. The van der Waals surface area contributed by atoms with Crippen LogP contribution in [0.4, 0.5) is 0 Å². The second kappa shape index (κ2) is 4.01. The van der Waals surface area contributed by atoms with Crippen molar-refractivity contribution >= 4 is 0 Å². The molecule has 1 nitrogen and oxygen atoms in total. The summed E-state index contributed by atoms with van der Waals surface area (Å²) in [5.41, 5.74) is 0.668. The number of nitrogens with zero attached hydrogens (tertiary/aromatic N) is 1. The zero-order valence-electron chi connectivity index (χ0n) is 11.9. The SMILES string of the molecule is CCCC[N+](C)(C)C1C[C@@H]2C[C@H](C1)C2(C)C. The fourth-order valence-electron chi connectivity index (χ4n) is 4.00. The third kappa shape index (κ3) is 1.92. The molecule has 3 aliphatic rings. The van der Waals surface area contributed by atoms with Crippen molar-refractivity contribution in [1.82, 2.24) is 0 Å². The third-order valence-corrected chi connectivity index (χ3v) is 5.86. The van der Waals surface area contributed by atoms with Gasteiger partial charge < -0.3 is 4.48 Å². The summed E-state index contributed by atoms with van der Waals surface area (Å²) < 4.78 is 1.27. The van der Waals surface area contributed by atoms with Crippen molar-refractivity contribution in [2.45, 2.75) is 58.9 Å². The van der Waals surface area contributed by atoms with Gasteiger partial charge in [-0.3, -0.25) is 0 Å². The van der Waals surface area contributed by atoms with Crippen LogP contribution in [0.2, 0.25) is 0 Å². The Bertz CT molecular complexity index is 240. The molecular weight excluding hydrogens is 194 g/mol. The Morgan fingerprint density at radius 1 is 1.06 bits per heavy atom. The van der Waals surface area contributed by atoms with Crippen molar-refractivity contribution < 1.29 is 4.48 Å². The molecule has 3 fully saturated rings. The van der Waals surface area contributed by atoms with Gasteiger partial charge in [0.15, 0.2) is 0 Å². The molecule has 0 aromatic heterocycles. The Morgan fingerprint density at radius 2 is 1.62 bits per heavy atom. The minimum atomic E-state index is 0.668. The normalized spacial score (nSPS) is 36.9. The van der Waals surface area contributed by atoms with E-state index in [2.05, 4.69) is 34.9 Å². The molecule has 2 bridgehead atoms. The number of fused-ring (bicyclic) bond motifs is 2. The molecule has 0 radical (unpaired) electrons. The topological polar surface area (TPSA) is 0 Å². The molecule has 0 amide bonds. The molecule has 1 heteroatoms. The molecule has 0 aromatic rings. The zero-order valence-corrected chi connectivity index (χ0v) is 11.9. The van der Waals surface area contributed by atoms with Gasteiger partial charge in [-0.1, -0.05) is 27.2 Å². The molecule has 0 heterocycles. The summed E-state index contributed by atoms with van der Waals surface area (Å²) in [5, 5.41) is 0. The summed E-state index contributed by atoms with van der Waals surface area (Å²) >= 11 is 0. The fourth-order valence-corrected chi connectivity index (χ4v) is 4.00. The zero-order chi connectivity index (χ0) is 12.0. The highest BCUT2D eigenvalue weighted by Gasteiger charge is 2.55. The Morgan fingerprint density at radius 3 is 2.06 bits per heavy atom. The van der Waals surface area contributed by atoms with Gasteiger partial charge in [-0.25, -0.2) is 0 Å². The van der Waals surface area contributed by atoms with Crippen molar-refractivity contribution in [2.24, 2.45) is 17.3 Å². The molecule has 3 atom stereocenters. The van der Waals surface area contributed by atoms with Crippen LogP contribution in [0.5, 0.6) is 0 Å². The summed E-state index contributed by atoms with van der Waals surface area (Å²) in [6.07, 6.45) is 7.23. The highest BCUT2D eigenvalue weighted by molar-refractivity contribution is 5.02. The molecule has 3 rings (SSSR count). The third-order valence-electron chi connectivity index (χ3n) is 5.86. The predicted molar refractivity (Wildman–Crippen MR) is 70.3 cm³/mol. The lowest BCUT2D eigenvalue weighted by Gasteiger charge is -2.60. The lowest BCUT2D eigenvalue weighted by Crippen LogP contribution is -2.60. The van der Waals surface area contributed by atoms with Crippen LogP contribution in [0.25, 0.3) is 0 Å². The van der Waals surface area contributed by atoms with E-state index in [1.54, 1.807) is 0 Å². The standard InChI is InChI=1S/C15H30N/c1-6-7-8-16(4,5)14-10-12-9-13(11-14)15(12,2)3/h12-14H,6-11H2,1-5H3/q+1/t12-,13+,14?. The van der Waals surface area contributed by atoms with Crippen LogP contribution in [0, 0.1) is 17.3 Å². The molecule has 3 aliphatic carbocycles. The van der Waals surface area contributed by atoms with E-state index < -0.39 is 0 Å². The van der Waals surface area contributed by atoms with Crippen molar-refractivity contribution in [3.05, 3.63) is 0 Å². The quantitative estimate of drug-likeness (QED) is 0.639. The summed E-state index contributed by atoms with van der Waals surface area (Å²) in [4.78, 5) is 0. The second-order valence-electron chi connectivity index (χ2n) is 7.43. The van der Waals surface area contributed by atoms with E-state index in [9.17, 15) is 0 Å². The van der Waals surface area contributed by atoms with E-state index in [4.69, 9.17) is 0 Å². The van der Waals surface area contributed by atoms with Crippen LogP contribution < -0.4 is 0 Å². The van der Waals surface area contributed by atoms with Gasteiger partial charge in [0.25, 0.3) is 0 Å². The van der Waals surface area contributed by atoms with Crippen molar-refractivity contribution in [2.75, 3.05) is 20.6 Å². The van der Waals surface area contributed by atoms with Gasteiger partial charge in [0.05, 0.1) is 26.7 Å². The Kier molecular flexibility index (Phi) is 3.11. The maximum absolute atomic E-state index is 2.49. The number of rotatable bonds is 4. The molecule has 1 unspecified atom stereocenters. The van der Waals surface area contributed by atoms with Crippen molar-refractivity contribution in [3.8, 4) is 0 Å². The summed E-state index contributed by atoms with van der Waals surface area (Å²) in [6.45, 7) is 8.67. The Balaban J connectivity index is 1.94. The van der Waals surface area contributed by atoms with E-state index in [1.807, 2.05) is 0 Å². The molecular formula is C15H30N+. The maximum Gasteiger partial charge on any atom is 0.0891 e. The van der Waals surface area contributed by atoms with Gasteiger partial charge in [-0.15, -0.1) is 0 Å². The summed E-state index contributed by atoms with van der Waals surface area (Å²) in [7, 11) is 4.91. The minimum Gasteiger partial charge on any atom is -0.326 e. The van der Waals surface area contributed by atoms with Gasteiger partial charge in [-0.2, -0.15) is 0 Å². The average Bonchev–Trinajstić information content (AvgIpc) is 2.26. The predicted octanol–water partition coefficient (Wildman–Crippen LogP) is 3.69. The smallest absolute Gasteiger partial charge is 0.0891 e. The average molecular weight is 224 g/mol. The van der Waals surface area contributed by atoms with Crippen LogP contribution in [0.15, 0.2) is 0 Å². The molecule has 0 saturated heterocycles. The van der Waals surface area contributed by atoms with Gasteiger partial charge >= 0.3 is 0 Å². The second-order valence-corrected chi connectivity index (χ2v) is 7.43. The van der Waals surface area contributed by atoms with Crippen LogP contribution in [-0.2, 0) is 0 Å². The molecule has 0 spiro atoms. The number of unbranched alkanes of at least 4 members (excludes halogenated alkanes) is 1. The van der Waals surface area contributed by atoms with Gasteiger partial charge in [0.2, 0.25) is 0 Å². The highest BCUT2D eigenvalue weighted by Crippen LogP contribution is 2.60. The first kappa shape index (κ1) is 12.4. The fraction of sp³-hybridized carbons (Fsp3) is 1.00. The van der Waals surface area contributed by atoms with Gasteiger partial charge in [-0.05, 0) is 30.1 Å². The van der Waals surface area contributed by atoms with E-state index >= 15 is 0 Å². The van der Waals surface area contributed by atoms with E-state index in [-0.39, 0.29) is 0 Å². The number of quaternary nitrogens is 1. The molecule has 0 N–H and O–H groups in total. The first-order chi connectivity index (χ1) is 7.38. The lowest BCUT2D eigenvalue weighted by molar-refractivity contribution is -0.919. The van der Waals surface area contributed by atoms with E-state index in [0.29, 0.717) is 5.41 Å². The Labute approximate surface area is 102 Å². The molecule has 0 aliphatic heterocycles. The monoisotopic (exact) mass is 224 g/mol. The minimum absolute atomic E-state index is 0.668. The Hall–Kier alpha value is -0.0400. The summed E-state index contributed by atoms with van der Waals surface area (Å²) in [6, 6.07) is 0.948. The van der Waals surface area contributed by atoms with E-state index in [1.165, 1.54) is 43.1 Å². The molecule has 16 heavy (non-hydrogen) atoms.